The van der Waals surface area contributed by atoms with E-state index in [0.717, 1.165) is 17.4 Å². The van der Waals surface area contributed by atoms with E-state index < -0.39 is 5.82 Å². The number of pyridine rings is 1. The van der Waals surface area contributed by atoms with E-state index in [-0.39, 0.29) is 11.8 Å². The number of ether oxygens (including phenoxy) is 1. The van der Waals surface area contributed by atoms with Crippen LogP contribution in [0.1, 0.15) is 11.3 Å². The molecule has 0 spiro atoms. The summed E-state index contributed by atoms with van der Waals surface area (Å²) in [7, 11) is 0. The number of benzene rings is 2. The molecule has 0 aliphatic heterocycles. The summed E-state index contributed by atoms with van der Waals surface area (Å²) >= 11 is 0. The Morgan fingerprint density at radius 1 is 0.833 bits per heavy atom. The van der Waals surface area contributed by atoms with Gasteiger partial charge >= 0.3 is 0 Å². The van der Waals surface area contributed by atoms with Gasteiger partial charge in [-0.05, 0) is 48.0 Å². The Labute approximate surface area is 171 Å². The third kappa shape index (κ3) is 4.85. The topological polar surface area (TPSA) is 86.0 Å². The summed E-state index contributed by atoms with van der Waals surface area (Å²) in [5, 5.41) is 3.25. The van der Waals surface area contributed by atoms with Gasteiger partial charge in [0.1, 0.15) is 17.4 Å². The molecule has 0 aliphatic carbocycles. The van der Waals surface area contributed by atoms with Gasteiger partial charge in [0.25, 0.3) is 0 Å². The first kappa shape index (κ1) is 19.3. The van der Waals surface area contributed by atoms with Crippen molar-refractivity contribution in [2.24, 2.45) is 0 Å². The quantitative estimate of drug-likeness (QED) is 0.477. The third-order valence-electron chi connectivity index (χ3n) is 4.23. The van der Waals surface area contributed by atoms with Crippen LogP contribution >= 0.6 is 0 Å². The van der Waals surface area contributed by atoms with Crippen molar-refractivity contribution >= 4 is 17.3 Å². The zero-order valence-corrected chi connectivity index (χ0v) is 15.7. The Hall–Kier alpha value is -4.07. The van der Waals surface area contributed by atoms with Crippen LogP contribution in [0.3, 0.4) is 0 Å². The monoisotopic (exact) mass is 405 g/mol. The summed E-state index contributed by atoms with van der Waals surface area (Å²) in [6.07, 6.45) is 3.16. The second-order valence-electron chi connectivity index (χ2n) is 6.46. The highest BCUT2D eigenvalue weighted by molar-refractivity contribution is 5.62. The number of anilines is 3. The summed E-state index contributed by atoms with van der Waals surface area (Å²) in [6, 6.07) is 16.1. The maximum Gasteiger partial charge on any atom is 0.220 e. The van der Waals surface area contributed by atoms with Gasteiger partial charge in [0.15, 0.2) is 0 Å². The van der Waals surface area contributed by atoms with E-state index >= 15 is 0 Å². The molecular formula is C22H17F2N5O. The number of hydrogen-bond donors (Lipinski definition) is 2. The van der Waals surface area contributed by atoms with Crippen molar-refractivity contribution in [3.8, 4) is 11.6 Å². The predicted octanol–water partition coefficient (Wildman–Crippen LogP) is 4.86. The van der Waals surface area contributed by atoms with E-state index in [9.17, 15) is 8.78 Å². The fraction of sp³-hybridized carbons (Fsp3) is 0.0455. The molecule has 0 saturated carbocycles. The molecule has 2 heterocycles. The molecule has 4 rings (SSSR count). The van der Waals surface area contributed by atoms with E-state index in [1.54, 1.807) is 30.5 Å². The molecular weight excluding hydrogens is 388 g/mol. The van der Waals surface area contributed by atoms with Gasteiger partial charge in [-0.25, -0.2) is 23.7 Å². The number of halogens is 2. The van der Waals surface area contributed by atoms with Crippen LogP contribution in [0.25, 0.3) is 0 Å². The number of aromatic nitrogens is 3. The Morgan fingerprint density at radius 2 is 1.57 bits per heavy atom. The zero-order valence-electron chi connectivity index (χ0n) is 15.7. The standard InChI is InChI=1S/C22H17F2N5O/c23-15-3-1-14(2-4-15)11-19-20(13-27-22(25)29-19)28-17-6-8-18(9-7-17)30-21-10-5-16(24)12-26-21/h1-10,12-13,28H,11H2,(H2,25,27,29). The number of nitrogens with zero attached hydrogens (tertiary/aromatic N) is 3. The van der Waals surface area contributed by atoms with Crippen molar-refractivity contribution in [2.45, 2.75) is 6.42 Å². The van der Waals surface area contributed by atoms with E-state index in [0.29, 0.717) is 29.4 Å². The van der Waals surface area contributed by atoms with Gasteiger partial charge in [-0.3, -0.25) is 0 Å². The lowest BCUT2D eigenvalue weighted by atomic mass is 10.1. The van der Waals surface area contributed by atoms with Gasteiger partial charge in [0.2, 0.25) is 11.8 Å². The van der Waals surface area contributed by atoms with Crippen LogP contribution in [-0.4, -0.2) is 15.0 Å². The normalized spacial score (nSPS) is 10.6. The molecule has 3 N–H and O–H groups in total. The number of nitrogen functional groups attached to an aromatic ring is 1. The summed E-state index contributed by atoms with van der Waals surface area (Å²) in [5.74, 6) is 0.292. The Kier molecular flexibility index (Phi) is 5.47. The van der Waals surface area contributed by atoms with Crippen LogP contribution in [0.15, 0.2) is 73.1 Å². The molecule has 2 aromatic carbocycles. The number of rotatable bonds is 6. The fourth-order valence-electron chi connectivity index (χ4n) is 2.77. The number of nitrogens with two attached hydrogens (primary N) is 1. The first-order chi connectivity index (χ1) is 14.5. The van der Waals surface area contributed by atoms with Gasteiger partial charge < -0.3 is 15.8 Å². The first-order valence-corrected chi connectivity index (χ1v) is 9.07. The van der Waals surface area contributed by atoms with Crippen LogP contribution in [0.2, 0.25) is 0 Å². The van der Waals surface area contributed by atoms with Crippen LogP contribution in [0.4, 0.5) is 26.1 Å². The SMILES string of the molecule is Nc1ncc(Nc2ccc(Oc3ccc(F)cn3)cc2)c(Cc2ccc(F)cc2)n1. The molecule has 0 saturated heterocycles. The van der Waals surface area contributed by atoms with Crippen molar-refractivity contribution in [1.82, 2.24) is 15.0 Å². The molecule has 0 unspecified atom stereocenters. The Balaban J connectivity index is 1.49. The third-order valence-corrected chi connectivity index (χ3v) is 4.23. The van der Waals surface area contributed by atoms with Crippen LogP contribution < -0.4 is 15.8 Å². The number of hydrogen-bond acceptors (Lipinski definition) is 6. The average Bonchev–Trinajstić information content (AvgIpc) is 2.75. The van der Waals surface area contributed by atoms with Crippen molar-refractivity contribution < 1.29 is 13.5 Å². The Morgan fingerprint density at radius 3 is 2.27 bits per heavy atom. The van der Waals surface area contributed by atoms with Crippen molar-refractivity contribution in [2.75, 3.05) is 11.1 Å². The Bertz CT molecular complexity index is 1130. The molecule has 6 nitrogen and oxygen atoms in total. The highest BCUT2D eigenvalue weighted by Gasteiger charge is 2.09. The van der Waals surface area contributed by atoms with Gasteiger partial charge in [-0.15, -0.1) is 0 Å². The molecule has 2 aromatic heterocycles. The molecule has 8 heteroatoms. The first-order valence-electron chi connectivity index (χ1n) is 9.07. The predicted molar refractivity (Wildman–Crippen MR) is 110 cm³/mol. The lowest BCUT2D eigenvalue weighted by Gasteiger charge is -2.12. The van der Waals surface area contributed by atoms with Crippen molar-refractivity contribution in [1.29, 1.82) is 0 Å². The van der Waals surface area contributed by atoms with E-state index in [1.165, 1.54) is 24.3 Å². The molecule has 0 aliphatic rings. The van der Waals surface area contributed by atoms with Crippen LogP contribution in [0, 0.1) is 11.6 Å². The fourth-order valence-corrected chi connectivity index (χ4v) is 2.77. The second-order valence-corrected chi connectivity index (χ2v) is 6.46. The van der Waals surface area contributed by atoms with Crippen LogP contribution in [-0.2, 0) is 6.42 Å². The zero-order chi connectivity index (χ0) is 20.9. The van der Waals surface area contributed by atoms with Crippen LogP contribution in [0.5, 0.6) is 11.6 Å². The van der Waals surface area contributed by atoms with E-state index in [2.05, 4.69) is 20.3 Å². The molecule has 150 valence electrons. The minimum absolute atomic E-state index is 0.160. The second kappa shape index (κ2) is 8.52. The molecule has 0 atom stereocenters. The maximum atomic E-state index is 13.2. The lowest BCUT2D eigenvalue weighted by molar-refractivity contribution is 0.459. The highest BCUT2D eigenvalue weighted by atomic mass is 19.1. The van der Waals surface area contributed by atoms with Gasteiger partial charge in [0, 0.05) is 18.2 Å². The molecule has 0 amide bonds. The maximum absolute atomic E-state index is 13.2. The minimum atomic E-state index is -0.427. The molecule has 0 radical (unpaired) electrons. The number of nitrogens with one attached hydrogen (secondary N) is 1. The van der Waals surface area contributed by atoms with Crippen molar-refractivity contribution in [3.63, 3.8) is 0 Å². The van der Waals surface area contributed by atoms with Gasteiger partial charge in [0.05, 0.1) is 23.8 Å². The highest BCUT2D eigenvalue weighted by Crippen LogP contribution is 2.25. The average molecular weight is 405 g/mol. The van der Waals surface area contributed by atoms with Crippen molar-refractivity contribution in [3.05, 3.63) is 95.9 Å². The smallest absolute Gasteiger partial charge is 0.220 e. The summed E-state index contributed by atoms with van der Waals surface area (Å²) in [5.41, 5.74) is 8.79. The largest absolute Gasteiger partial charge is 0.439 e. The summed E-state index contributed by atoms with van der Waals surface area (Å²) in [4.78, 5) is 12.2. The lowest BCUT2D eigenvalue weighted by Crippen LogP contribution is -2.05. The molecule has 4 aromatic rings. The summed E-state index contributed by atoms with van der Waals surface area (Å²) < 4.78 is 31.7. The minimum Gasteiger partial charge on any atom is -0.439 e. The van der Waals surface area contributed by atoms with E-state index in [4.69, 9.17) is 10.5 Å². The van der Waals surface area contributed by atoms with Gasteiger partial charge in [-0.1, -0.05) is 12.1 Å². The molecule has 30 heavy (non-hydrogen) atoms. The molecule has 0 fully saturated rings. The molecule has 0 bridgehead atoms. The summed E-state index contributed by atoms with van der Waals surface area (Å²) in [6.45, 7) is 0. The van der Waals surface area contributed by atoms with E-state index in [1.807, 2.05) is 12.1 Å². The van der Waals surface area contributed by atoms with Gasteiger partial charge in [-0.2, -0.15) is 0 Å².